The second-order valence-electron chi connectivity index (χ2n) is 13.2. The molecule has 0 saturated carbocycles. The first kappa shape index (κ1) is 38.8. The maximum absolute atomic E-state index is 13.1. The highest BCUT2D eigenvalue weighted by Crippen LogP contribution is 2.56. The van der Waals surface area contributed by atoms with Crippen molar-refractivity contribution in [2.75, 3.05) is 30.3 Å². The van der Waals surface area contributed by atoms with Crippen molar-refractivity contribution in [3.8, 4) is 0 Å². The predicted molar refractivity (Wildman–Crippen MR) is 202 cm³/mol. The molecule has 0 spiro atoms. The molecule has 5 rings (SSSR count). The Morgan fingerprint density at radius 2 is 1.10 bits per heavy atom. The molecule has 270 valence electrons. The monoisotopic (exact) mass is 685 g/mol. The first-order chi connectivity index (χ1) is 24.1. The number of benzene rings is 2. The van der Waals surface area contributed by atoms with E-state index in [-0.39, 0.29) is 23.7 Å². The molecule has 3 aliphatic rings. The molecule has 0 aromatic heterocycles. The minimum absolute atomic E-state index is 0.178. The molecule has 12 heteroatoms. The van der Waals surface area contributed by atoms with Crippen molar-refractivity contribution in [3.63, 3.8) is 0 Å². The maximum Gasteiger partial charge on any atom is 0.262 e. The average molecular weight is 686 g/mol. The van der Waals surface area contributed by atoms with Gasteiger partial charge in [0.2, 0.25) is 11.8 Å². The lowest BCUT2D eigenvalue weighted by molar-refractivity contribution is -0.119. The van der Waals surface area contributed by atoms with E-state index in [0.717, 1.165) is 71.9 Å². The van der Waals surface area contributed by atoms with Crippen molar-refractivity contribution >= 4 is 35.3 Å². The van der Waals surface area contributed by atoms with E-state index in [1.807, 2.05) is 49.4 Å². The Kier molecular flexibility index (Phi) is 14.6. The number of carbonyl (C=O) groups excluding carboxylic acids is 3. The molecule has 3 amide bonds. The third-order valence-electron chi connectivity index (χ3n) is 9.48. The van der Waals surface area contributed by atoms with Gasteiger partial charge in [0.25, 0.3) is 5.91 Å². The van der Waals surface area contributed by atoms with Gasteiger partial charge in [0.1, 0.15) is 0 Å². The summed E-state index contributed by atoms with van der Waals surface area (Å²) in [6, 6.07) is 9.77. The molecule has 0 aliphatic heterocycles. The zero-order chi connectivity index (χ0) is 36.2. The largest absolute Gasteiger partial charge is 0.330 e. The van der Waals surface area contributed by atoms with Crippen LogP contribution in [0.4, 0.5) is 11.4 Å². The van der Waals surface area contributed by atoms with Gasteiger partial charge in [-0.2, -0.15) is 0 Å². The summed E-state index contributed by atoms with van der Waals surface area (Å²) >= 11 is 0. The van der Waals surface area contributed by atoms with Gasteiger partial charge >= 0.3 is 0 Å². The van der Waals surface area contributed by atoms with Gasteiger partial charge in [-0.25, -0.2) is 4.99 Å². The van der Waals surface area contributed by atoms with Crippen LogP contribution >= 0.6 is 0 Å². The van der Waals surface area contributed by atoms with Crippen LogP contribution < -0.4 is 45.0 Å². The third-order valence-corrected chi connectivity index (χ3v) is 9.48. The number of allylic oxidation sites excluding steroid dienone is 4. The third kappa shape index (κ3) is 9.39. The molecular weight excluding hydrogens is 630 g/mol. The molecule has 14 N–H and O–H groups in total. The normalized spacial score (nSPS) is 18.2. The molecule has 2 aromatic carbocycles. The van der Waals surface area contributed by atoms with Crippen LogP contribution in [0.1, 0.15) is 98.8 Å². The van der Waals surface area contributed by atoms with Gasteiger partial charge in [-0.05, 0) is 123 Å². The van der Waals surface area contributed by atoms with Crippen molar-refractivity contribution in [2.24, 2.45) is 39.4 Å². The zero-order valence-electron chi connectivity index (χ0n) is 29.2. The number of carbonyl (C=O) groups is 3. The van der Waals surface area contributed by atoms with Crippen LogP contribution in [0, 0.1) is 0 Å². The number of aliphatic imine (C=N–C) groups is 1. The van der Waals surface area contributed by atoms with Gasteiger partial charge in [-0.15, -0.1) is 0 Å². The lowest BCUT2D eigenvalue weighted by atomic mass is 9.61. The lowest BCUT2D eigenvalue weighted by Gasteiger charge is -2.42. The van der Waals surface area contributed by atoms with Crippen LogP contribution in [-0.4, -0.2) is 61.7 Å². The molecule has 50 heavy (non-hydrogen) atoms. The molecular formula is C38H55N9O3. The standard InChI is InChI=1S/C38H55N9O3/c1-2-9-25-30(22-45-36(48)31(42)10-3-6-17-39)35-28-20-23(46-37(49)32(43)11-4-7-18-40)13-15-26(28)34(25)27-16-14-24(21-29(27)35)47-38(50)33(44)12-5-8-19-41/h2,9,13-16,20-22,31-35H,3-8,10-12,17-19,39-44H2,1H3,(H,46,49)(H,47,50)/b9-2-,45-22?/t31-,32-,33-,34?,35?/m1/s1. The second-order valence-corrected chi connectivity index (χ2v) is 13.2. The van der Waals surface area contributed by atoms with Crippen LogP contribution in [0.25, 0.3) is 0 Å². The lowest BCUT2D eigenvalue weighted by Crippen LogP contribution is -2.36. The van der Waals surface area contributed by atoms with Crippen molar-refractivity contribution in [1.82, 2.24) is 0 Å². The van der Waals surface area contributed by atoms with E-state index in [4.69, 9.17) is 34.4 Å². The summed E-state index contributed by atoms with van der Waals surface area (Å²) in [7, 11) is 0. The van der Waals surface area contributed by atoms with Gasteiger partial charge in [-0.1, -0.05) is 43.5 Å². The zero-order valence-corrected chi connectivity index (χ0v) is 29.2. The fraction of sp³-hybridized carbons (Fsp3) is 0.474. The number of anilines is 2. The van der Waals surface area contributed by atoms with Crippen molar-refractivity contribution < 1.29 is 14.4 Å². The SMILES string of the molecule is C/C=C\C1=C(C=NC(=O)[C@H](N)CCCCN)C2c3cc(NC(=O)[C@H](N)CCCCN)ccc3C1c1ccc(NC(=O)[C@H](N)CCCCN)cc12. The number of nitrogens with one attached hydrogen (secondary N) is 2. The Labute approximate surface area is 295 Å². The Morgan fingerprint density at radius 3 is 1.54 bits per heavy atom. The number of nitrogens with zero attached hydrogens (tertiary/aromatic N) is 1. The van der Waals surface area contributed by atoms with Crippen molar-refractivity contribution in [2.45, 2.75) is 94.7 Å². The molecule has 0 radical (unpaired) electrons. The van der Waals surface area contributed by atoms with E-state index < -0.39 is 24.0 Å². The van der Waals surface area contributed by atoms with Gasteiger partial charge in [-0.3, -0.25) is 14.4 Å². The van der Waals surface area contributed by atoms with Gasteiger partial charge in [0.15, 0.2) is 0 Å². The maximum atomic E-state index is 13.1. The van der Waals surface area contributed by atoms with E-state index >= 15 is 0 Å². The molecule has 0 saturated heterocycles. The van der Waals surface area contributed by atoms with E-state index in [1.165, 1.54) is 0 Å². The number of unbranched alkanes of at least 4 members (excludes halogenated alkanes) is 3. The highest BCUT2D eigenvalue weighted by Gasteiger charge is 2.42. The highest BCUT2D eigenvalue weighted by molar-refractivity contribution is 5.99. The van der Waals surface area contributed by atoms with Gasteiger partial charge in [0, 0.05) is 29.4 Å². The summed E-state index contributed by atoms with van der Waals surface area (Å²) in [5, 5.41) is 5.99. The summed E-state index contributed by atoms with van der Waals surface area (Å²) in [4.78, 5) is 43.5. The van der Waals surface area contributed by atoms with E-state index in [1.54, 1.807) is 6.21 Å². The highest BCUT2D eigenvalue weighted by atomic mass is 16.2. The Bertz CT molecular complexity index is 1520. The van der Waals surface area contributed by atoms with Gasteiger partial charge in [0.05, 0.1) is 18.1 Å². The number of rotatable bonds is 19. The first-order valence-corrected chi connectivity index (χ1v) is 17.9. The Balaban J connectivity index is 1.73. The number of hydrogen-bond donors (Lipinski definition) is 8. The van der Waals surface area contributed by atoms with Crippen LogP contribution in [-0.2, 0) is 14.4 Å². The molecule has 3 atom stereocenters. The fourth-order valence-corrected chi connectivity index (χ4v) is 6.80. The van der Waals surface area contributed by atoms with E-state index in [2.05, 4.69) is 21.7 Å². The molecule has 0 fully saturated rings. The summed E-state index contributed by atoms with van der Waals surface area (Å²) in [5.41, 5.74) is 42.7. The summed E-state index contributed by atoms with van der Waals surface area (Å²) in [5.74, 6) is -1.46. The number of nitrogens with two attached hydrogens (primary N) is 6. The quantitative estimate of drug-likeness (QED) is 0.0799. The molecule has 3 aliphatic carbocycles. The summed E-state index contributed by atoms with van der Waals surface area (Å²) in [6.45, 7) is 3.60. The molecule has 0 heterocycles. The average Bonchev–Trinajstić information content (AvgIpc) is 3.11. The van der Waals surface area contributed by atoms with Gasteiger partial charge < -0.3 is 45.0 Å². The van der Waals surface area contributed by atoms with Crippen molar-refractivity contribution in [1.29, 1.82) is 0 Å². The first-order valence-electron chi connectivity index (χ1n) is 17.9. The minimum atomic E-state index is -0.726. The Morgan fingerprint density at radius 1 is 0.660 bits per heavy atom. The minimum Gasteiger partial charge on any atom is -0.330 e. The van der Waals surface area contributed by atoms with Crippen LogP contribution in [0.3, 0.4) is 0 Å². The summed E-state index contributed by atoms with van der Waals surface area (Å²) in [6.07, 6.45) is 11.9. The van der Waals surface area contributed by atoms with E-state index in [0.29, 0.717) is 50.3 Å². The fourth-order valence-electron chi connectivity index (χ4n) is 6.80. The van der Waals surface area contributed by atoms with Crippen LogP contribution in [0.2, 0.25) is 0 Å². The topological polar surface area (TPSA) is 244 Å². The number of amides is 3. The Hall–Kier alpha value is -4.04. The van der Waals surface area contributed by atoms with E-state index in [9.17, 15) is 14.4 Å². The molecule has 2 bridgehead atoms. The van der Waals surface area contributed by atoms with Crippen LogP contribution in [0.5, 0.6) is 0 Å². The summed E-state index contributed by atoms with van der Waals surface area (Å²) < 4.78 is 0. The molecule has 0 unspecified atom stereocenters. The smallest absolute Gasteiger partial charge is 0.262 e. The predicted octanol–water partition coefficient (Wildman–Crippen LogP) is 2.99. The molecule has 2 aromatic rings. The molecule has 12 nitrogen and oxygen atoms in total. The van der Waals surface area contributed by atoms with Crippen LogP contribution in [0.15, 0.2) is 64.7 Å². The van der Waals surface area contributed by atoms with Crippen molar-refractivity contribution in [3.05, 3.63) is 82.0 Å². The second kappa shape index (κ2) is 18.8. The number of hydrogen-bond acceptors (Lipinski definition) is 9.